The second kappa shape index (κ2) is 6.18. The van der Waals surface area contributed by atoms with Crippen LogP contribution in [0.4, 0.5) is 0 Å². The van der Waals surface area contributed by atoms with Crippen LogP contribution in [-0.2, 0) is 11.3 Å². The van der Waals surface area contributed by atoms with Crippen molar-refractivity contribution in [2.45, 2.75) is 57.5 Å². The number of carbonyl (C=O) groups is 1. The zero-order valence-corrected chi connectivity index (χ0v) is 12.9. The first-order valence-corrected chi connectivity index (χ1v) is 8.25. The van der Waals surface area contributed by atoms with Gasteiger partial charge in [0.15, 0.2) is 0 Å². The number of hydrogen-bond donors (Lipinski definition) is 1. The Kier molecular flexibility index (Phi) is 4.29. The molecule has 2 aliphatic rings. The minimum atomic E-state index is 0.0735. The van der Waals surface area contributed by atoms with E-state index in [4.69, 9.17) is 5.73 Å². The van der Waals surface area contributed by atoms with Gasteiger partial charge in [-0.15, -0.1) is 0 Å². The zero-order chi connectivity index (χ0) is 14.8. The minimum Gasteiger partial charge on any atom is -0.342 e. The van der Waals surface area contributed by atoms with Crippen LogP contribution in [0.5, 0.6) is 0 Å². The summed E-state index contributed by atoms with van der Waals surface area (Å²) in [4.78, 5) is 14.6. The first-order chi connectivity index (χ1) is 10.2. The smallest absolute Gasteiger partial charge is 0.227 e. The molecule has 2 heterocycles. The van der Waals surface area contributed by atoms with Crippen LogP contribution in [0.1, 0.15) is 50.5 Å². The van der Waals surface area contributed by atoms with E-state index in [2.05, 4.69) is 18.2 Å². The van der Waals surface area contributed by atoms with Gasteiger partial charge in [-0.3, -0.25) is 9.48 Å². The molecular weight excluding hydrogens is 264 g/mol. The van der Waals surface area contributed by atoms with Crippen molar-refractivity contribution in [2.75, 3.05) is 13.1 Å². The Labute approximate surface area is 126 Å². The number of nitrogens with two attached hydrogens (primary N) is 1. The molecule has 5 nitrogen and oxygen atoms in total. The molecule has 21 heavy (non-hydrogen) atoms. The molecule has 0 spiro atoms. The van der Waals surface area contributed by atoms with Crippen LogP contribution in [0.3, 0.4) is 0 Å². The molecule has 1 aromatic heterocycles. The topological polar surface area (TPSA) is 64.2 Å². The molecule has 1 aliphatic carbocycles. The predicted molar refractivity (Wildman–Crippen MR) is 81.8 cm³/mol. The number of aromatic nitrogens is 2. The molecule has 2 fully saturated rings. The summed E-state index contributed by atoms with van der Waals surface area (Å²) in [5.41, 5.74) is 7.39. The molecule has 0 bridgehead atoms. The van der Waals surface area contributed by atoms with E-state index < -0.39 is 0 Å². The lowest BCUT2D eigenvalue weighted by Crippen LogP contribution is -2.45. The van der Waals surface area contributed by atoms with Crippen molar-refractivity contribution >= 4 is 5.91 Å². The quantitative estimate of drug-likeness (QED) is 0.922. The van der Waals surface area contributed by atoms with E-state index in [9.17, 15) is 4.79 Å². The summed E-state index contributed by atoms with van der Waals surface area (Å²) in [6.45, 7) is 4.74. The summed E-state index contributed by atoms with van der Waals surface area (Å²) in [6.07, 6.45) is 9.30. The van der Waals surface area contributed by atoms with E-state index in [1.807, 2.05) is 15.8 Å². The summed E-state index contributed by atoms with van der Waals surface area (Å²) in [5, 5.41) is 4.36. The van der Waals surface area contributed by atoms with Gasteiger partial charge in [-0.25, -0.2) is 0 Å². The normalized spacial score (nSPS) is 27.2. The molecule has 0 aromatic carbocycles. The van der Waals surface area contributed by atoms with E-state index in [1.54, 1.807) is 0 Å². The fourth-order valence-electron chi connectivity index (χ4n) is 3.73. The highest BCUT2D eigenvalue weighted by molar-refractivity contribution is 5.80. The maximum atomic E-state index is 12.5. The van der Waals surface area contributed by atoms with Crippen LogP contribution in [0.25, 0.3) is 0 Å². The maximum Gasteiger partial charge on any atom is 0.227 e. The summed E-state index contributed by atoms with van der Waals surface area (Å²) in [7, 11) is 0. The third kappa shape index (κ3) is 2.98. The number of nitrogens with zero attached hydrogens (tertiary/aromatic N) is 3. The number of piperidine rings is 1. The highest BCUT2D eigenvalue weighted by Crippen LogP contribution is 2.31. The van der Waals surface area contributed by atoms with Crippen molar-refractivity contribution in [1.29, 1.82) is 0 Å². The standard InChI is InChI=1S/C16H26N4O/c1-2-20-11-13(10-18-20)12-6-8-19(9-7-12)16(21)14-4-3-5-15(14)17/h10-12,14-15H,2-9,17H2,1H3. The SMILES string of the molecule is CCn1cc(C2CCN(C(=O)C3CCCC3N)CC2)cn1. The van der Waals surface area contributed by atoms with Gasteiger partial charge in [0.25, 0.3) is 0 Å². The van der Waals surface area contributed by atoms with Gasteiger partial charge in [-0.1, -0.05) is 6.42 Å². The lowest BCUT2D eigenvalue weighted by Gasteiger charge is -2.34. The molecule has 0 radical (unpaired) electrons. The minimum absolute atomic E-state index is 0.0735. The van der Waals surface area contributed by atoms with Crippen molar-refractivity contribution in [2.24, 2.45) is 11.7 Å². The van der Waals surface area contributed by atoms with E-state index >= 15 is 0 Å². The molecule has 1 saturated heterocycles. The monoisotopic (exact) mass is 290 g/mol. The highest BCUT2D eigenvalue weighted by Gasteiger charge is 2.35. The fourth-order valence-corrected chi connectivity index (χ4v) is 3.73. The Morgan fingerprint density at radius 2 is 2.10 bits per heavy atom. The number of carbonyl (C=O) groups excluding carboxylic acids is 1. The number of likely N-dealkylation sites (tertiary alicyclic amines) is 1. The second-order valence-electron chi connectivity index (χ2n) is 6.43. The van der Waals surface area contributed by atoms with Crippen molar-refractivity contribution in [1.82, 2.24) is 14.7 Å². The first-order valence-electron chi connectivity index (χ1n) is 8.25. The van der Waals surface area contributed by atoms with E-state index in [0.717, 1.165) is 51.7 Å². The highest BCUT2D eigenvalue weighted by atomic mass is 16.2. The van der Waals surface area contributed by atoms with Crippen LogP contribution in [0.15, 0.2) is 12.4 Å². The van der Waals surface area contributed by atoms with Crippen molar-refractivity contribution in [3.05, 3.63) is 18.0 Å². The van der Waals surface area contributed by atoms with Crippen molar-refractivity contribution in [3.8, 4) is 0 Å². The van der Waals surface area contributed by atoms with Crippen molar-refractivity contribution < 1.29 is 4.79 Å². The van der Waals surface area contributed by atoms with Gasteiger partial charge in [0.2, 0.25) is 5.91 Å². The average molecular weight is 290 g/mol. The molecule has 3 rings (SSSR count). The van der Waals surface area contributed by atoms with Crippen LogP contribution < -0.4 is 5.73 Å². The predicted octanol–water partition coefficient (Wildman–Crippen LogP) is 1.74. The van der Waals surface area contributed by atoms with Gasteiger partial charge in [0.05, 0.1) is 12.1 Å². The zero-order valence-electron chi connectivity index (χ0n) is 12.9. The Morgan fingerprint density at radius 1 is 1.33 bits per heavy atom. The molecule has 116 valence electrons. The van der Waals surface area contributed by atoms with Crippen LogP contribution in [0, 0.1) is 5.92 Å². The molecular formula is C16H26N4O. The Bertz CT molecular complexity index is 490. The van der Waals surface area contributed by atoms with Gasteiger partial charge in [-0.2, -0.15) is 5.10 Å². The second-order valence-corrected chi connectivity index (χ2v) is 6.43. The molecule has 2 atom stereocenters. The van der Waals surface area contributed by atoms with E-state index in [-0.39, 0.29) is 12.0 Å². The lowest BCUT2D eigenvalue weighted by molar-refractivity contribution is -0.136. The van der Waals surface area contributed by atoms with Gasteiger partial charge < -0.3 is 10.6 Å². The largest absolute Gasteiger partial charge is 0.342 e. The van der Waals surface area contributed by atoms with Crippen LogP contribution in [-0.4, -0.2) is 39.7 Å². The van der Waals surface area contributed by atoms with E-state index in [1.165, 1.54) is 5.56 Å². The Morgan fingerprint density at radius 3 is 2.67 bits per heavy atom. The third-order valence-electron chi connectivity index (χ3n) is 5.14. The summed E-state index contributed by atoms with van der Waals surface area (Å²) >= 11 is 0. The number of hydrogen-bond acceptors (Lipinski definition) is 3. The van der Waals surface area contributed by atoms with Gasteiger partial charge in [0.1, 0.15) is 0 Å². The van der Waals surface area contributed by atoms with Crippen LogP contribution >= 0.6 is 0 Å². The molecule has 2 N–H and O–H groups in total. The molecule has 1 amide bonds. The maximum absolute atomic E-state index is 12.5. The van der Waals surface area contributed by atoms with E-state index in [0.29, 0.717) is 11.8 Å². The third-order valence-corrected chi connectivity index (χ3v) is 5.14. The number of amides is 1. The summed E-state index contributed by atoms with van der Waals surface area (Å²) in [5.74, 6) is 0.915. The Hall–Kier alpha value is -1.36. The summed E-state index contributed by atoms with van der Waals surface area (Å²) < 4.78 is 1.98. The summed E-state index contributed by atoms with van der Waals surface area (Å²) in [6, 6.07) is 0.0815. The lowest BCUT2D eigenvalue weighted by atomic mass is 9.90. The van der Waals surface area contributed by atoms with Gasteiger partial charge in [0, 0.05) is 31.9 Å². The van der Waals surface area contributed by atoms with Gasteiger partial charge in [-0.05, 0) is 44.1 Å². The molecule has 2 unspecified atom stereocenters. The molecule has 1 aliphatic heterocycles. The van der Waals surface area contributed by atoms with Crippen LogP contribution in [0.2, 0.25) is 0 Å². The number of rotatable bonds is 3. The fraction of sp³-hybridized carbons (Fsp3) is 0.750. The first kappa shape index (κ1) is 14.6. The molecule has 1 aromatic rings. The average Bonchev–Trinajstić information content (AvgIpc) is 3.15. The molecule has 5 heteroatoms. The number of aryl methyl sites for hydroxylation is 1. The molecule has 1 saturated carbocycles. The Balaban J connectivity index is 1.56. The van der Waals surface area contributed by atoms with Crippen molar-refractivity contribution in [3.63, 3.8) is 0 Å². The van der Waals surface area contributed by atoms with Gasteiger partial charge >= 0.3 is 0 Å².